The third kappa shape index (κ3) is 2.13. The highest BCUT2D eigenvalue weighted by Crippen LogP contribution is 2.33. The van der Waals surface area contributed by atoms with Crippen molar-refractivity contribution >= 4 is 0 Å². The van der Waals surface area contributed by atoms with Gasteiger partial charge >= 0.3 is 0 Å². The number of fused-ring (bicyclic) bond motifs is 1. The lowest BCUT2D eigenvalue weighted by molar-refractivity contribution is 0.0539. The summed E-state index contributed by atoms with van der Waals surface area (Å²) in [6.07, 6.45) is 5.56. The number of nitrogens with two attached hydrogens (primary N) is 1. The zero-order valence-electron chi connectivity index (χ0n) is 10.4. The lowest BCUT2D eigenvalue weighted by atomic mass is 10.1. The van der Waals surface area contributed by atoms with E-state index in [0.717, 1.165) is 18.5 Å². The summed E-state index contributed by atoms with van der Waals surface area (Å²) in [5.74, 6) is 0.841. The third-order valence-corrected chi connectivity index (χ3v) is 4.74. The van der Waals surface area contributed by atoms with Crippen molar-refractivity contribution < 1.29 is 0 Å². The molecule has 3 fully saturated rings. The second kappa shape index (κ2) is 4.28. The van der Waals surface area contributed by atoms with Crippen LogP contribution >= 0.6 is 0 Å². The van der Waals surface area contributed by atoms with Gasteiger partial charge in [-0.1, -0.05) is 0 Å². The van der Waals surface area contributed by atoms with Crippen molar-refractivity contribution in [3.63, 3.8) is 0 Å². The summed E-state index contributed by atoms with van der Waals surface area (Å²) in [7, 11) is 0. The van der Waals surface area contributed by atoms with Gasteiger partial charge < -0.3 is 5.73 Å². The Morgan fingerprint density at radius 2 is 2.06 bits per heavy atom. The summed E-state index contributed by atoms with van der Waals surface area (Å²) in [6, 6.07) is 1.98. The quantitative estimate of drug-likeness (QED) is 0.771. The Balaban J connectivity index is 1.57. The van der Waals surface area contributed by atoms with Crippen LogP contribution in [0, 0.1) is 5.92 Å². The van der Waals surface area contributed by atoms with Gasteiger partial charge in [-0.05, 0) is 45.1 Å². The van der Waals surface area contributed by atoms with Gasteiger partial charge in [-0.15, -0.1) is 0 Å². The van der Waals surface area contributed by atoms with Crippen LogP contribution in [-0.2, 0) is 0 Å². The number of piperazine rings is 1. The smallest absolute Gasteiger partial charge is 0.0224 e. The first-order valence-electron chi connectivity index (χ1n) is 6.97. The van der Waals surface area contributed by atoms with E-state index >= 15 is 0 Å². The molecular weight excluding hydrogens is 198 g/mol. The van der Waals surface area contributed by atoms with Crippen LogP contribution in [-0.4, -0.2) is 54.1 Å². The fraction of sp³-hybridized carbons (Fsp3) is 1.00. The molecule has 3 aliphatic rings. The molecule has 92 valence electrons. The largest absolute Gasteiger partial charge is 0.326 e. The molecule has 0 amide bonds. The van der Waals surface area contributed by atoms with Crippen LogP contribution in [0.5, 0.6) is 0 Å². The van der Waals surface area contributed by atoms with Crippen LogP contribution < -0.4 is 5.73 Å². The van der Waals surface area contributed by atoms with Gasteiger partial charge in [0, 0.05) is 37.8 Å². The number of hydrogen-bond acceptors (Lipinski definition) is 3. The summed E-state index contributed by atoms with van der Waals surface area (Å²) < 4.78 is 0. The summed E-state index contributed by atoms with van der Waals surface area (Å²) in [5.41, 5.74) is 6.25. The topological polar surface area (TPSA) is 32.5 Å². The highest BCUT2D eigenvalue weighted by atomic mass is 15.3. The van der Waals surface area contributed by atoms with Gasteiger partial charge in [0.1, 0.15) is 0 Å². The van der Waals surface area contributed by atoms with Gasteiger partial charge in [0.15, 0.2) is 0 Å². The molecule has 0 radical (unpaired) electrons. The SMILES string of the molecule is CC1CN2CCCC2CN1CC(N)C1CC1. The van der Waals surface area contributed by atoms with Crippen LogP contribution in [0.1, 0.15) is 32.6 Å². The van der Waals surface area contributed by atoms with Crippen LogP contribution in [0.3, 0.4) is 0 Å². The molecule has 0 bridgehead atoms. The first kappa shape index (κ1) is 11.0. The zero-order chi connectivity index (χ0) is 11.1. The predicted molar refractivity (Wildman–Crippen MR) is 66.3 cm³/mol. The fourth-order valence-electron chi connectivity index (χ4n) is 3.45. The number of nitrogens with zero attached hydrogens (tertiary/aromatic N) is 2. The zero-order valence-corrected chi connectivity index (χ0v) is 10.4. The Morgan fingerprint density at radius 1 is 1.25 bits per heavy atom. The van der Waals surface area contributed by atoms with E-state index in [1.807, 2.05) is 0 Å². The molecule has 3 atom stereocenters. The molecule has 1 saturated carbocycles. The van der Waals surface area contributed by atoms with E-state index in [1.165, 1.54) is 45.3 Å². The minimum atomic E-state index is 0.440. The fourth-order valence-corrected chi connectivity index (χ4v) is 3.45. The van der Waals surface area contributed by atoms with Crippen LogP contribution in [0.15, 0.2) is 0 Å². The average Bonchev–Trinajstić information content (AvgIpc) is 3.01. The minimum Gasteiger partial charge on any atom is -0.326 e. The Bertz CT molecular complexity index is 250. The lowest BCUT2D eigenvalue weighted by Crippen LogP contribution is -2.57. The first-order valence-corrected chi connectivity index (χ1v) is 6.97. The summed E-state index contributed by atoms with van der Waals surface area (Å²) in [5, 5.41) is 0. The van der Waals surface area contributed by atoms with Crippen molar-refractivity contribution in [3.05, 3.63) is 0 Å². The van der Waals surface area contributed by atoms with E-state index in [2.05, 4.69) is 16.7 Å². The van der Waals surface area contributed by atoms with E-state index < -0.39 is 0 Å². The van der Waals surface area contributed by atoms with E-state index in [0.29, 0.717) is 12.1 Å². The minimum absolute atomic E-state index is 0.440. The molecule has 0 aromatic heterocycles. The molecule has 2 saturated heterocycles. The van der Waals surface area contributed by atoms with Gasteiger partial charge in [0.25, 0.3) is 0 Å². The maximum Gasteiger partial charge on any atom is 0.0224 e. The van der Waals surface area contributed by atoms with E-state index in [-0.39, 0.29) is 0 Å². The molecule has 0 spiro atoms. The molecule has 2 aliphatic heterocycles. The summed E-state index contributed by atoms with van der Waals surface area (Å²) >= 11 is 0. The maximum atomic E-state index is 6.25. The van der Waals surface area contributed by atoms with Crippen molar-refractivity contribution in [1.29, 1.82) is 0 Å². The van der Waals surface area contributed by atoms with Crippen molar-refractivity contribution in [2.75, 3.05) is 26.2 Å². The van der Waals surface area contributed by atoms with E-state index in [9.17, 15) is 0 Å². The Kier molecular flexibility index (Phi) is 2.94. The van der Waals surface area contributed by atoms with Gasteiger partial charge in [0.05, 0.1) is 0 Å². The Morgan fingerprint density at radius 3 is 2.81 bits per heavy atom. The third-order valence-electron chi connectivity index (χ3n) is 4.74. The number of hydrogen-bond donors (Lipinski definition) is 1. The molecule has 3 nitrogen and oxygen atoms in total. The first-order chi connectivity index (χ1) is 7.74. The molecule has 1 aliphatic carbocycles. The summed E-state index contributed by atoms with van der Waals surface area (Å²) in [4.78, 5) is 5.33. The molecule has 0 aromatic rings. The highest BCUT2D eigenvalue weighted by Gasteiger charge is 2.37. The second-order valence-corrected chi connectivity index (χ2v) is 6.10. The molecule has 2 heterocycles. The molecule has 2 N–H and O–H groups in total. The van der Waals surface area contributed by atoms with Crippen molar-refractivity contribution in [3.8, 4) is 0 Å². The van der Waals surface area contributed by atoms with Crippen LogP contribution in [0.2, 0.25) is 0 Å². The molecule has 3 rings (SSSR count). The van der Waals surface area contributed by atoms with Crippen LogP contribution in [0.25, 0.3) is 0 Å². The molecule has 0 aromatic carbocycles. The normalized spacial score (nSPS) is 38.6. The Hall–Kier alpha value is -0.120. The van der Waals surface area contributed by atoms with Crippen LogP contribution in [0.4, 0.5) is 0 Å². The average molecular weight is 223 g/mol. The van der Waals surface area contributed by atoms with Crippen molar-refractivity contribution in [2.45, 2.75) is 50.7 Å². The predicted octanol–water partition coefficient (Wildman–Crippen LogP) is 0.892. The van der Waals surface area contributed by atoms with Crippen molar-refractivity contribution in [2.24, 2.45) is 11.7 Å². The highest BCUT2D eigenvalue weighted by molar-refractivity contribution is 4.93. The van der Waals surface area contributed by atoms with Gasteiger partial charge in [0.2, 0.25) is 0 Å². The second-order valence-electron chi connectivity index (χ2n) is 6.10. The Labute approximate surface area is 99.0 Å². The molecular formula is C13H25N3. The summed E-state index contributed by atoms with van der Waals surface area (Å²) in [6.45, 7) is 7.37. The molecule has 16 heavy (non-hydrogen) atoms. The van der Waals surface area contributed by atoms with Gasteiger partial charge in [-0.25, -0.2) is 0 Å². The van der Waals surface area contributed by atoms with Gasteiger partial charge in [-0.2, -0.15) is 0 Å². The monoisotopic (exact) mass is 223 g/mol. The number of rotatable bonds is 3. The van der Waals surface area contributed by atoms with Crippen molar-refractivity contribution in [1.82, 2.24) is 9.80 Å². The maximum absolute atomic E-state index is 6.25. The molecule has 3 heteroatoms. The lowest BCUT2D eigenvalue weighted by Gasteiger charge is -2.43. The molecule has 3 unspecified atom stereocenters. The standard InChI is InChI=1S/C13H25N3/c1-10-7-15-6-2-3-12(15)8-16(10)9-13(14)11-4-5-11/h10-13H,2-9,14H2,1H3. The van der Waals surface area contributed by atoms with Gasteiger partial charge in [-0.3, -0.25) is 9.80 Å². The van der Waals surface area contributed by atoms with E-state index in [4.69, 9.17) is 5.73 Å². The van der Waals surface area contributed by atoms with E-state index in [1.54, 1.807) is 0 Å².